The van der Waals surface area contributed by atoms with Crippen molar-refractivity contribution in [3.05, 3.63) is 46.5 Å². The van der Waals surface area contributed by atoms with E-state index in [9.17, 15) is 0 Å². The molecule has 2 rings (SSSR count). The number of benzene rings is 1. The summed E-state index contributed by atoms with van der Waals surface area (Å²) in [5.41, 5.74) is 1.26. The molecule has 0 bridgehead atoms. The van der Waals surface area contributed by atoms with Crippen molar-refractivity contribution in [1.82, 2.24) is 20.1 Å². The van der Waals surface area contributed by atoms with Crippen LogP contribution in [0.4, 0.5) is 0 Å². The van der Waals surface area contributed by atoms with Gasteiger partial charge in [-0.05, 0) is 30.5 Å². The van der Waals surface area contributed by atoms with E-state index in [0.717, 1.165) is 23.4 Å². The molecule has 0 spiro atoms. The lowest BCUT2D eigenvalue weighted by Crippen LogP contribution is -2.22. The Balaban J connectivity index is 1.97. The average Bonchev–Trinajstić information content (AvgIpc) is 2.82. The molecule has 0 saturated heterocycles. The molecule has 0 unspecified atom stereocenters. The smallest absolute Gasteiger partial charge is 0.140 e. The van der Waals surface area contributed by atoms with Crippen LogP contribution in [0.5, 0.6) is 0 Å². The lowest BCUT2D eigenvalue weighted by molar-refractivity contribution is 0.449. The van der Waals surface area contributed by atoms with Crippen LogP contribution in [-0.2, 0) is 13.1 Å². The highest BCUT2D eigenvalue weighted by Gasteiger charge is 2.09. The summed E-state index contributed by atoms with van der Waals surface area (Å²) in [5.74, 6) is 1.55. The van der Waals surface area contributed by atoms with Crippen molar-refractivity contribution in [2.45, 2.75) is 39.9 Å². The van der Waals surface area contributed by atoms with Crippen molar-refractivity contribution in [3.63, 3.8) is 0 Å². The fraction of sp³-hybridized carbons (Fsp3) is 0.467. The largest absolute Gasteiger partial charge is 0.303 e. The number of nitrogens with one attached hydrogen (secondary N) is 1. The fourth-order valence-corrected chi connectivity index (χ4v) is 2.48. The normalized spacial score (nSPS) is 12.8. The quantitative estimate of drug-likeness (QED) is 0.877. The molecule has 0 aliphatic carbocycles. The molecular formula is C15H21BrN4. The van der Waals surface area contributed by atoms with Gasteiger partial charge in [-0.2, -0.15) is 5.10 Å². The maximum absolute atomic E-state index is 4.33. The Kier molecular flexibility index (Phi) is 5.31. The van der Waals surface area contributed by atoms with Crippen LogP contribution in [0.15, 0.2) is 35.1 Å². The van der Waals surface area contributed by atoms with Crippen molar-refractivity contribution in [3.8, 4) is 0 Å². The predicted molar refractivity (Wildman–Crippen MR) is 84.3 cm³/mol. The summed E-state index contributed by atoms with van der Waals surface area (Å²) >= 11 is 3.50. The van der Waals surface area contributed by atoms with Gasteiger partial charge in [0, 0.05) is 17.1 Å². The van der Waals surface area contributed by atoms with Gasteiger partial charge >= 0.3 is 0 Å². The average molecular weight is 337 g/mol. The number of halogens is 1. The molecule has 5 heteroatoms. The first-order valence-corrected chi connectivity index (χ1v) is 7.71. The molecule has 0 radical (unpaired) electrons. The van der Waals surface area contributed by atoms with E-state index in [4.69, 9.17) is 0 Å². The van der Waals surface area contributed by atoms with Crippen molar-refractivity contribution in [2.75, 3.05) is 0 Å². The third-order valence-corrected chi connectivity index (χ3v) is 3.64. The first-order valence-electron chi connectivity index (χ1n) is 6.91. The van der Waals surface area contributed by atoms with Gasteiger partial charge in [-0.3, -0.25) is 0 Å². The molecule has 0 saturated carbocycles. The molecule has 108 valence electrons. The SMILES string of the molecule is CC(C)Cn1ncnc1CN[C@@H](C)c1cccc(Br)c1. The van der Waals surface area contributed by atoms with Crippen LogP contribution in [-0.4, -0.2) is 14.8 Å². The number of aromatic nitrogens is 3. The van der Waals surface area contributed by atoms with Crippen molar-refractivity contribution < 1.29 is 0 Å². The van der Waals surface area contributed by atoms with Crippen LogP contribution in [0.3, 0.4) is 0 Å². The van der Waals surface area contributed by atoms with Crippen LogP contribution >= 0.6 is 15.9 Å². The number of hydrogen-bond acceptors (Lipinski definition) is 3. The fourth-order valence-electron chi connectivity index (χ4n) is 2.06. The highest BCUT2D eigenvalue weighted by molar-refractivity contribution is 9.10. The maximum atomic E-state index is 4.33. The second-order valence-corrected chi connectivity index (χ2v) is 6.33. The topological polar surface area (TPSA) is 42.7 Å². The summed E-state index contributed by atoms with van der Waals surface area (Å²) in [6.07, 6.45) is 1.63. The van der Waals surface area contributed by atoms with Gasteiger partial charge in [0.15, 0.2) is 0 Å². The van der Waals surface area contributed by atoms with Gasteiger partial charge in [-0.1, -0.05) is 41.9 Å². The molecule has 1 heterocycles. The Morgan fingerprint density at radius 3 is 2.80 bits per heavy atom. The molecule has 1 N–H and O–H groups in total. The Bertz CT molecular complexity index is 550. The van der Waals surface area contributed by atoms with Gasteiger partial charge in [0.1, 0.15) is 12.2 Å². The third kappa shape index (κ3) is 4.15. The van der Waals surface area contributed by atoms with E-state index in [0.29, 0.717) is 5.92 Å². The summed E-state index contributed by atoms with van der Waals surface area (Å²) in [4.78, 5) is 4.33. The zero-order chi connectivity index (χ0) is 14.5. The maximum Gasteiger partial charge on any atom is 0.140 e. The number of nitrogens with zero attached hydrogens (tertiary/aromatic N) is 3. The summed E-state index contributed by atoms with van der Waals surface area (Å²) in [6, 6.07) is 8.63. The molecule has 1 aromatic carbocycles. The van der Waals surface area contributed by atoms with E-state index >= 15 is 0 Å². The van der Waals surface area contributed by atoms with Gasteiger partial charge in [0.25, 0.3) is 0 Å². The molecule has 0 amide bonds. The first-order chi connectivity index (χ1) is 9.56. The van der Waals surface area contributed by atoms with Crippen LogP contribution in [0.1, 0.15) is 38.2 Å². The molecule has 2 aromatic rings. The standard InChI is InChI=1S/C15H21BrN4/c1-11(2)9-20-15(18-10-19-20)8-17-12(3)13-5-4-6-14(16)7-13/h4-7,10-12,17H,8-9H2,1-3H3/t12-/m0/s1. The van der Waals surface area contributed by atoms with Gasteiger partial charge in [-0.15, -0.1) is 0 Å². The van der Waals surface area contributed by atoms with E-state index in [2.05, 4.69) is 70.3 Å². The monoisotopic (exact) mass is 336 g/mol. The number of hydrogen-bond donors (Lipinski definition) is 1. The molecule has 0 aliphatic heterocycles. The van der Waals surface area contributed by atoms with Gasteiger partial charge < -0.3 is 5.32 Å². The molecule has 1 atom stereocenters. The minimum atomic E-state index is 0.275. The van der Waals surface area contributed by atoms with Gasteiger partial charge in [0.2, 0.25) is 0 Å². The lowest BCUT2D eigenvalue weighted by atomic mass is 10.1. The van der Waals surface area contributed by atoms with Crippen molar-refractivity contribution in [2.24, 2.45) is 5.92 Å². The van der Waals surface area contributed by atoms with Crippen molar-refractivity contribution >= 4 is 15.9 Å². The summed E-state index contributed by atoms with van der Waals surface area (Å²) < 4.78 is 3.08. The van der Waals surface area contributed by atoms with E-state index in [1.165, 1.54) is 5.56 Å². The van der Waals surface area contributed by atoms with Crippen molar-refractivity contribution in [1.29, 1.82) is 0 Å². The Morgan fingerprint density at radius 2 is 2.10 bits per heavy atom. The van der Waals surface area contributed by atoms with Gasteiger partial charge in [0.05, 0.1) is 6.54 Å². The second kappa shape index (κ2) is 6.99. The van der Waals surface area contributed by atoms with Crippen LogP contribution in [0, 0.1) is 5.92 Å². The van der Waals surface area contributed by atoms with E-state index in [1.807, 2.05) is 10.7 Å². The Hall–Kier alpha value is -1.20. The van der Waals surface area contributed by atoms with E-state index in [-0.39, 0.29) is 6.04 Å². The second-order valence-electron chi connectivity index (χ2n) is 5.41. The molecule has 0 fully saturated rings. The van der Waals surface area contributed by atoms with E-state index in [1.54, 1.807) is 6.33 Å². The lowest BCUT2D eigenvalue weighted by Gasteiger charge is -2.15. The molecule has 1 aromatic heterocycles. The summed E-state index contributed by atoms with van der Waals surface area (Å²) in [6.45, 7) is 8.15. The van der Waals surface area contributed by atoms with E-state index < -0.39 is 0 Å². The predicted octanol–water partition coefficient (Wildman–Crippen LogP) is 3.55. The Labute approximate surface area is 128 Å². The third-order valence-electron chi connectivity index (χ3n) is 3.15. The minimum Gasteiger partial charge on any atom is -0.303 e. The molecule has 0 aliphatic rings. The van der Waals surface area contributed by atoms with Crippen LogP contribution < -0.4 is 5.32 Å². The molecular weight excluding hydrogens is 316 g/mol. The zero-order valence-corrected chi connectivity index (χ0v) is 13.8. The zero-order valence-electron chi connectivity index (χ0n) is 12.2. The molecule has 20 heavy (non-hydrogen) atoms. The van der Waals surface area contributed by atoms with Crippen LogP contribution in [0.2, 0.25) is 0 Å². The summed E-state index contributed by atoms with van der Waals surface area (Å²) in [7, 11) is 0. The summed E-state index contributed by atoms with van der Waals surface area (Å²) in [5, 5.41) is 7.78. The van der Waals surface area contributed by atoms with Gasteiger partial charge in [-0.25, -0.2) is 9.67 Å². The minimum absolute atomic E-state index is 0.275. The molecule has 4 nitrogen and oxygen atoms in total. The first kappa shape index (κ1) is 15.2. The van der Waals surface area contributed by atoms with Crippen LogP contribution in [0.25, 0.3) is 0 Å². The highest BCUT2D eigenvalue weighted by atomic mass is 79.9. The Morgan fingerprint density at radius 1 is 1.30 bits per heavy atom. The highest BCUT2D eigenvalue weighted by Crippen LogP contribution is 2.18. The number of rotatable bonds is 6.